The Morgan fingerprint density at radius 3 is 2.62 bits per heavy atom. The second-order valence-electron chi connectivity index (χ2n) is 5.97. The van der Waals surface area contributed by atoms with Crippen LogP contribution in [0.25, 0.3) is 5.78 Å². The maximum atomic E-state index is 12.4. The smallest absolute Gasteiger partial charge is 0.254 e. The number of carbonyl (C=O) groups excluding carboxylic acids is 1. The van der Waals surface area contributed by atoms with E-state index >= 15 is 0 Å². The van der Waals surface area contributed by atoms with E-state index < -0.39 is 0 Å². The minimum Gasteiger partial charge on any atom is -0.366 e. The summed E-state index contributed by atoms with van der Waals surface area (Å²) in [5, 5.41) is 7.05. The number of nitrogens with zero attached hydrogens (tertiary/aromatic N) is 4. The highest BCUT2D eigenvalue weighted by molar-refractivity contribution is 5.92. The zero-order valence-electron chi connectivity index (χ0n) is 14.2. The molecule has 1 aromatic carbocycles. The fourth-order valence-electron chi connectivity index (χ4n) is 2.66. The van der Waals surface area contributed by atoms with Crippen molar-refractivity contribution in [2.45, 2.75) is 34.1 Å². The molecule has 124 valence electrons. The van der Waals surface area contributed by atoms with Gasteiger partial charge in [0.05, 0.1) is 6.42 Å². The van der Waals surface area contributed by atoms with Gasteiger partial charge in [-0.3, -0.25) is 4.79 Å². The first-order chi connectivity index (χ1) is 11.3. The molecule has 1 amide bonds. The molecule has 2 heterocycles. The molecule has 7 nitrogen and oxygen atoms in total. The molecule has 0 aliphatic rings. The van der Waals surface area contributed by atoms with Gasteiger partial charge in [-0.25, -0.2) is 4.98 Å². The van der Waals surface area contributed by atoms with E-state index in [9.17, 15) is 4.79 Å². The third kappa shape index (κ3) is 2.92. The number of benzene rings is 1. The van der Waals surface area contributed by atoms with Gasteiger partial charge in [0.15, 0.2) is 0 Å². The zero-order chi connectivity index (χ0) is 17.4. The summed E-state index contributed by atoms with van der Waals surface area (Å²) in [6.45, 7) is 7.80. The van der Waals surface area contributed by atoms with Gasteiger partial charge < -0.3 is 11.1 Å². The number of nitrogens with one attached hydrogen (secondary N) is 1. The zero-order valence-corrected chi connectivity index (χ0v) is 14.2. The van der Waals surface area contributed by atoms with Crippen LogP contribution in [0.3, 0.4) is 0 Å². The van der Waals surface area contributed by atoms with E-state index in [-0.39, 0.29) is 18.3 Å². The number of fused-ring (bicyclic) bond motifs is 1. The molecule has 2 aromatic heterocycles. The van der Waals surface area contributed by atoms with E-state index in [2.05, 4.69) is 20.4 Å². The van der Waals surface area contributed by atoms with Crippen molar-refractivity contribution in [2.75, 3.05) is 11.1 Å². The molecule has 24 heavy (non-hydrogen) atoms. The minimum atomic E-state index is -0.0984. The van der Waals surface area contributed by atoms with E-state index in [0.717, 1.165) is 28.2 Å². The molecule has 3 rings (SSSR count). The lowest BCUT2D eigenvalue weighted by Crippen LogP contribution is -2.18. The first-order valence-corrected chi connectivity index (χ1v) is 7.70. The van der Waals surface area contributed by atoms with E-state index in [4.69, 9.17) is 5.73 Å². The van der Waals surface area contributed by atoms with Crippen molar-refractivity contribution in [3.8, 4) is 0 Å². The van der Waals surface area contributed by atoms with Crippen molar-refractivity contribution >= 4 is 23.3 Å². The minimum absolute atomic E-state index is 0.0984. The van der Waals surface area contributed by atoms with Crippen molar-refractivity contribution < 1.29 is 4.79 Å². The number of aromatic nitrogens is 4. The molecule has 0 radical (unpaired) electrons. The Balaban J connectivity index is 1.86. The van der Waals surface area contributed by atoms with Crippen LogP contribution in [0.1, 0.15) is 28.1 Å². The topological polar surface area (TPSA) is 98.2 Å². The molecule has 0 aliphatic heterocycles. The Bertz CT molecular complexity index is 944. The molecular weight excluding hydrogens is 304 g/mol. The SMILES string of the molecule is Cc1ccc(NC(=O)Cc2c(C)nc3nc(N)nn3c2C)cc1C. The lowest BCUT2D eigenvalue weighted by Gasteiger charge is -2.11. The first-order valence-electron chi connectivity index (χ1n) is 7.70. The van der Waals surface area contributed by atoms with Crippen LogP contribution in [0.4, 0.5) is 11.6 Å². The molecule has 0 aliphatic carbocycles. The summed E-state index contributed by atoms with van der Waals surface area (Å²) >= 11 is 0. The van der Waals surface area contributed by atoms with Crippen LogP contribution >= 0.6 is 0 Å². The third-order valence-electron chi connectivity index (χ3n) is 4.19. The Morgan fingerprint density at radius 1 is 1.17 bits per heavy atom. The van der Waals surface area contributed by atoms with Gasteiger partial charge in [0.1, 0.15) is 0 Å². The van der Waals surface area contributed by atoms with Crippen molar-refractivity contribution in [2.24, 2.45) is 0 Å². The van der Waals surface area contributed by atoms with Crippen LogP contribution in [-0.4, -0.2) is 25.5 Å². The highest BCUT2D eigenvalue weighted by atomic mass is 16.1. The number of anilines is 2. The number of carbonyl (C=O) groups is 1. The summed E-state index contributed by atoms with van der Waals surface area (Å²) in [6.07, 6.45) is 0.216. The Hall–Kier alpha value is -2.96. The second kappa shape index (κ2) is 5.92. The highest BCUT2D eigenvalue weighted by Gasteiger charge is 2.15. The predicted octanol–water partition coefficient (Wildman–Crippen LogP) is 2.12. The summed E-state index contributed by atoms with van der Waals surface area (Å²) in [6, 6.07) is 5.86. The molecule has 0 saturated heterocycles. The number of amides is 1. The lowest BCUT2D eigenvalue weighted by atomic mass is 10.1. The number of aryl methyl sites for hydroxylation is 4. The maximum absolute atomic E-state index is 12.4. The monoisotopic (exact) mass is 324 g/mol. The molecule has 3 aromatic rings. The third-order valence-corrected chi connectivity index (χ3v) is 4.19. The molecule has 0 fully saturated rings. The van der Waals surface area contributed by atoms with Gasteiger partial charge in [-0.2, -0.15) is 9.50 Å². The van der Waals surface area contributed by atoms with Crippen LogP contribution < -0.4 is 11.1 Å². The van der Waals surface area contributed by atoms with Crippen LogP contribution in [0.2, 0.25) is 0 Å². The molecule has 7 heteroatoms. The van der Waals surface area contributed by atoms with Gasteiger partial charge in [0.25, 0.3) is 5.78 Å². The summed E-state index contributed by atoms with van der Waals surface area (Å²) in [4.78, 5) is 20.8. The van der Waals surface area contributed by atoms with Gasteiger partial charge in [-0.05, 0) is 51.0 Å². The Kier molecular flexibility index (Phi) is 3.92. The van der Waals surface area contributed by atoms with Crippen molar-refractivity contribution in [3.05, 3.63) is 46.3 Å². The van der Waals surface area contributed by atoms with Crippen molar-refractivity contribution in [1.82, 2.24) is 19.6 Å². The largest absolute Gasteiger partial charge is 0.366 e. The predicted molar refractivity (Wildman–Crippen MR) is 92.9 cm³/mol. The summed E-state index contributed by atoms with van der Waals surface area (Å²) in [5.74, 6) is 0.515. The molecule has 0 unspecified atom stereocenters. The van der Waals surface area contributed by atoms with Crippen molar-refractivity contribution in [3.63, 3.8) is 0 Å². The van der Waals surface area contributed by atoms with E-state index in [0.29, 0.717) is 5.78 Å². The summed E-state index contributed by atoms with van der Waals surface area (Å²) < 4.78 is 1.57. The fourth-order valence-corrected chi connectivity index (χ4v) is 2.66. The number of nitrogens with two attached hydrogens (primary N) is 1. The average molecular weight is 324 g/mol. The van der Waals surface area contributed by atoms with E-state index in [1.807, 2.05) is 45.9 Å². The summed E-state index contributed by atoms with van der Waals surface area (Å²) in [5.41, 5.74) is 11.1. The Morgan fingerprint density at radius 2 is 1.92 bits per heavy atom. The van der Waals surface area contributed by atoms with Gasteiger partial charge in [0.2, 0.25) is 11.9 Å². The molecule has 0 spiro atoms. The molecule has 0 atom stereocenters. The van der Waals surface area contributed by atoms with Crippen molar-refractivity contribution in [1.29, 1.82) is 0 Å². The number of hydrogen-bond donors (Lipinski definition) is 2. The van der Waals surface area contributed by atoms with Crippen LogP contribution in [0, 0.1) is 27.7 Å². The summed E-state index contributed by atoms with van der Waals surface area (Å²) in [7, 11) is 0. The maximum Gasteiger partial charge on any atom is 0.254 e. The molecule has 0 bridgehead atoms. The number of hydrogen-bond acceptors (Lipinski definition) is 5. The van der Waals surface area contributed by atoms with Gasteiger partial charge in [-0.1, -0.05) is 6.07 Å². The van der Waals surface area contributed by atoms with Crippen LogP contribution in [0.5, 0.6) is 0 Å². The van der Waals surface area contributed by atoms with Crippen LogP contribution in [-0.2, 0) is 11.2 Å². The van der Waals surface area contributed by atoms with E-state index in [1.165, 1.54) is 5.56 Å². The van der Waals surface area contributed by atoms with Gasteiger partial charge >= 0.3 is 0 Å². The number of rotatable bonds is 3. The fraction of sp³-hybridized carbons (Fsp3) is 0.294. The molecular formula is C17H20N6O. The molecule has 3 N–H and O–H groups in total. The quantitative estimate of drug-likeness (QED) is 0.769. The lowest BCUT2D eigenvalue weighted by molar-refractivity contribution is -0.115. The normalized spacial score (nSPS) is 11.0. The first kappa shape index (κ1) is 15.9. The number of nitrogen functional groups attached to an aromatic ring is 1. The highest BCUT2D eigenvalue weighted by Crippen LogP contribution is 2.17. The van der Waals surface area contributed by atoms with Gasteiger partial charge in [0, 0.05) is 22.6 Å². The Labute approximate surface area is 139 Å². The standard InChI is InChI=1S/C17H20N6O/c1-9-5-6-13(7-10(9)2)20-15(24)8-14-11(3)19-17-21-16(18)22-23(17)12(14)4/h5-7H,8H2,1-4H3,(H2,18,22)(H,20,24). The van der Waals surface area contributed by atoms with E-state index in [1.54, 1.807) is 4.52 Å². The second-order valence-corrected chi connectivity index (χ2v) is 5.97. The average Bonchev–Trinajstić information content (AvgIpc) is 2.88. The molecule has 0 saturated carbocycles. The van der Waals surface area contributed by atoms with Gasteiger partial charge in [-0.15, -0.1) is 5.10 Å². The van der Waals surface area contributed by atoms with Crippen LogP contribution in [0.15, 0.2) is 18.2 Å².